The second kappa shape index (κ2) is 8.00. The van der Waals surface area contributed by atoms with Gasteiger partial charge in [0.15, 0.2) is 0 Å². The van der Waals surface area contributed by atoms with Crippen LogP contribution in [-0.4, -0.2) is 42.2 Å². The van der Waals surface area contributed by atoms with Crippen molar-refractivity contribution in [3.05, 3.63) is 70.7 Å². The van der Waals surface area contributed by atoms with Crippen molar-refractivity contribution in [3.63, 3.8) is 0 Å². The van der Waals surface area contributed by atoms with Crippen molar-refractivity contribution in [1.82, 2.24) is 10.2 Å². The zero-order valence-electron chi connectivity index (χ0n) is 14.2. The van der Waals surface area contributed by atoms with E-state index in [0.717, 1.165) is 17.7 Å². The number of carbonyl (C=O) groups excluding carboxylic acids is 1. The van der Waals surface area contributed by atoms with E-state index in [1.807, 2.05) is 61.6 Å². The van der Waals surface area contributed by atoms with Crippen molar-refractivity contribution in [3.8, 4) is 0 Å². The molecule has 1 aliphatic heterocycles. The molecule has 2 aromatic carbocycles. The molecule has 1 aliphatic rings. The molecule has 3 rings (SSSR count). The van der Waals surface area contributed by atoms with Crippen molar-refractivity contribution in [2.45, 2.75) is 18.6 Å². The average molecular weight is 359 g/mol. The summed E-state index contributed by atoms with van der Waals surface area (Å²) in [6, 6.07) is 17.0. The number of benzene rings is 2. The minimum absolute atomic E-state index is 0.122. The molecular formula is C20H23ClN2O2. The molecule has 0 radical (unpaired) electrons. The number of hydrogen-bond donors (Lipinski definition) is 2. The van der Waals surface area contributed by atoms with Gasteiger partial charge in [-0.15, -0.1) is 0 Å². The molecule has 5 heteroatoms. The predicted octanol–water partition coefficient (Wildman–Crippen LogP) is 2.86. The quantitative estimate of drug-likeness (QED) is 0.883. The average Bonchev–Trinajstić information content (AvgIpc) is 2.63. The Bertz CT molecular complexity index is 705. The van der Waals surface area contributed by atoms with Gasteiger partial charge in [0.2, 0.25) is 5.91 Å². The van der Waals surface area contributed by atoms with Gasteiger partial charge >= 0.3 is 0 Å². The highest BCUT2D eigenvalue weighted by molar-refractivity contribution is 6.30. The number of piperidine rings is 1. The molecule has 3 atom stereocenters. The maximum Gasteiger partial charge on any atom is 0.227 e. The van der Waals surface area contributed by atoms with Crippen LogP contribution in [0.1, 0.15) is 23.6 Å². The fourth-order valence-corrected chi connectivity index (χ4v) is 3.40. The molecule has 25 heavy (non-hydrogen) atoms. The molecule has 4 nitrogen and oxygen atoms in total. The van der Waals surface area contributed by atoms with Gasteiger partial charge < -0.3 is 15.3 Å². The maximum absolute atomic E-state index is 12.9. The van der Waals surface area contributed by atoms with Gasteiger partial charge in [-0.05, 0) is 36.7 Å². The molecule has 2 N–H and O–H groups in total. The highest BCUT2D eigenvalue weighted by atomic mass is 35.5. The number of aliphatic hydroxyl groups is 1. The van der Waals surface area contributed by atoms with Crippen molar-refractivity contribution in [2.24, 2.45) is 5.92 Å². The van der Waals surface area contributed by atoms with Crippen LogP contribution in [0.25, 0.3) is 0 Å². The van der Waals surface area contributed by atoms with Crippen molar-refractivity contribution in [2.75, 3.05) is 20.1 Å². The van der Waals surface area contributed by atoms with Crippen molar-refractivity contribution >= 4 is 17.5 Å². The molecule has 1 fully saturated rings. The van der Waals surface area contributed by atoms with Gasteiger partial charge in [0.25, 0.3) is 0 Å². The Balaban J connectivity index is 1.85. The minimum Gasteiger partial charge on any atom is -0.392 e. The number of nitrogens with zero attached hydrogens (tertiary/aromatic N) is 1. The second-order valence-corrected chi connectivity index (χ2v) is 7.07. The smallest absolute Gasteiger partial charge is 0.227 e. The largest absolute Gasteiger partial charge is 0.392 e. The zero-order valence-corrected chi connectivity index (χ0v) is 15.0. The van der Waals surface area contributed by atoms with Crippen molar-refractivity contribution < 1.29 is 9.90 Å². The maximum atomic E-state index is 12.9. The van der Waals surface area contributed by atoms with E-state index in [4.69, 9.17) is 11.6 Å². The highest BCUT2D eigenvalue weighted by Crippen LogP contribution is 2.25. The Morgan fingerprint density at radius 3 is 2.48 bits per heavy atom. The summed E-state index contributed by atoms with van der Waals surface area (Å²) in [5.74, 6) is -0.542. The van der Waals surface area contributed by atoms with Crippen LogP contribution in [-0.2, 0) is 4.79 Å². The first-order chi connectivity index (χ1) is 12.0. The molecule has 1 saturated heterocycles. The van der Waals surface area contributed by atoms with Crippen LogP contribution in [0.2, 0.25) is 5.02 Å². The standard InChI is InChI=1S/C20H23ClN2O2/c1-23-12-11-18(24)17(13-23)20(25)22-19(14-5-3-2-4-6-14)15-7-9-16(21)10-8-15/h2-10,17-19,24H,11-13H2,1H3,(H,22,25)/t17-,18-,19+/m1/s1. The second-order valence-electron chi connectivity index (χ2n) is 6.63. The Labute approximate surface area is 153 Å². The molecule has 1 amide bonds. The number of nitrogens with one attached hydrogen (secondary N) is 1. The van der Waals surface area contributed by atoms with Crippen LogP contribution in [0.15, 0.2) is 54.6 Å². The third-order valence-corrected chi connectivity index (χ3v) is 4.99. The van der Waals surface area contributed by atoms with E-state index in [-0.39, 0.29) is 11.9 Å². The fourth-order valence-electron chi connectivity index (χ4n) is 3.27. The number of likely N-dealkylation sites (tertiary alicyclic amines) is 1. The third-order valence-electron chi connectivity index (χ3n) is 4.74. The monoisotopic (exact) mass is 358 g/mol. The first kappa shape index (κ1) is 17.9. The summed E-state index contributed by atoms with van der Waals surface area (Å²) in [5.41, 5.74) is 1.96. The van der Waals surface area contributed by atoms with Gasteiger partial charge in [0.05, 0.1) is 18.1 Å². The van der Waals surface area contributed by atoms with Crippen LogP contribution in [0.3, 0.4) is 0 Å². The fraction of sp³-hybridized carbons (Fsp3) is 0.350. The Morgan fingerprint density at radius 2 is 1.80 bits per heavy atom. The molecule has 132 valence electrons. The molecule has 1 heterocycles. The Hall–Kier alpha value is -1.88. The normalized spacial score (nSPS) is 22.4. The number of halogens is 1. The molecule has 2 aromatic rings. The molecular weight excluding hydrogens is 336 g/mol. The van der Waals surface area contributed by atoms with E-state index in [1.165, 1.54) is 0 Å². The van der Waals surface area contributed by atoms with Gasteiger partial charge in [0, 0.05) is 18.1 Å². The minimum atomic E-state index is -0.599. The number of aliphatic hydroxyl groups excluding tert-OH is 1. The summed E-state index contributed by atoms with van der Waals surface area (Å²) in [5, 5.41) is 14.0. The molecule has 0 aromatic heterocycles. The third kappa shape index (κ3) is 4.40. The number of hydrogen-bond acceptors (Lipinski definition) is 3. The summed E-state index contributed by atoms with van der Waals surface area (Å²) in [6.45, 7) is 1.37. The summed E-state index contributed by atoms with van der Waals surface area (Å²) in [6.07, 6.45) is 0.0174. The summed E-state index contributed by atoms with van der Waals surface area (Å²) in [4.78, 5) is 14.9. The van der Waals surface area contributed by atoms with Gasteiger partial charge in [0.1, 0.15) is 0 Å². The van der Waals surface area contributed by atoms with Crippen molar-refractivity contribution in [1.29, 1.82) is 0 Å². The highest BCUT2D eigenvalue weighted by Gasteiger charge is 2.33. The summed E-state index contributed by atoms with van der Waals surface area (Å²) in [7, 11) is 1.97. The van der Waals surface area contributed by atoms with Gasteiger partial charge in [-0.2, -0.15) is 0 Å². The first-order valence-corrected chi connectivity index (χ1v) is 8.90. The van der Waals surface area contributed by atoms with E-state index in [2.05, 4.69) is 10.2 Å². The van der Waals surface area contributed by atoms with E-state index < -0.39 is 12.0 Å². The molecule has 0 aliphatic carbocycles. The number of carbonyl (C=O) groups is 1. The van der Waals surface area contributed by atoms with Crippen LogP contribution in [0.5, 0.6) is 0 Å². The number of amides is 1. The van der Waals surface area contributed by atoms with E-state index in [0.29, 0.717) is 18.0 Å². The zero-order chi connectivity index (χ0) is 17.8. The topological polar surface area (TPSA) is 52.6 Å². The molecule has 0 saturated carbocycles. The number of rotatable bonds is 4. The van der Waals surface area contributed by atoms with Crippen LogP contribution in [0.4, 0.5) is 0 Å². The van der Waals surface area contributed by atoms with E-state index in [1.54, 1.807) is 0 Å². The molecule has 0 spiro atoms. The van der Waals surface area contributed by atoms with Gasteiger partial charge in [-0.25, -0.2) is 0 Å². The van der Waals surface area contributed by atoms with Crippen LogP contribution >= 0.6 is 11.6 Å². The summed E-state index contributed by atoms with van der Waals surface area (Å²) < 4.78 is 0. The molecule has 0 unspecified atom stereocenters. The lowest BCUT2D eigenvalue weighted by Gasteiger charge is -2.34. The SMILES string of the molecule is CN1CC[C@@H](O)[C@H](C(=O)N[C@@H](c2ccccc2)c2ccc(Cl)cc2)C1. The molecule has 0 bridgehead atoms. The van der Waals surface area contributed by atoms with E-state index >= 15 is 0 Å². The lowest BCUT2D eigenvalue weighted by molar-refractivity contribution is -0.131. The Morgan fingerprint density at radius 1 is 1.16 bits per heavy atom. The lowest BCUT2D eigenvalue weighted by atomic mass is 9.92. The van der Waals surface area contributed by atoms with Gasteiger partial charge in [-0.1, -0.05) is 54.1 Å². The van der Waals surface area contributed by atoms with E-state index in [9.17, 15) is 9.90 Å². The predicted molar refractivity (Wildman–Crippen MR) is 99.5 cm³/mol. The lowest BCUT2D eigenvalue weighted by Crippen LogP contribution is -2.49. The summed E-state index contributed by atoms with van der Waals surface area (Å²) >= 11 is 6.00. The van der Waals surface area contributed by atoms with Crippen LogP contribution < -0.4 is 5.32 Å². The van der Waals surface area contributed by atoms with Gasteiger partial charge in [-0.3, -0.25) is 4.79 Å². The first-order valence-electron chi connectivity index (χ1n) is 8.52. The Kier molecular flexibility index (Phi) is 5.74. The van der Waals surface area contributed by atoms with Crippen LogP contribution in [0, 0.1) is 5.92 Å².